The fourth-order valence-corrected chi connectivity index (χ4v) is 1.63. The van der Waals surface area contributed by atoms with Crippen molar-refractivity contribution in [2.75, 3.05) is 0 Å². The Hall–Kier alpha value is -1.05. The van der Waals surface area contributed by atoms with Crippen LogP contribution in [0.2, 0.25) is 0 Å². The molecular formula is C10H13NO. The maximum absolute atomic E-state index is 5.29. The Bertz CT molecular complexity index is 312. The van der Waals surface area contributed by atoms with Gasteiger partial charge in [0.1, 0.15) is 5.76 Å². The van der Waals surface area contributed by atoms with E-state index in [0.29, 0.717) is 5.92 Å². The predicted molar refractivity (Wildman–Crippen MR) is 47.9 cm³/mol. The Morgan fingerprint density at radius 2 is 2.50 bits per heavy atom. The standard InChI is InChI=1S/C10H13NO/c1-3-9-8-6-4-5-7(2)10(8)12-11-9/h4,6-7H,3,5H2,1-2H3. The predicted octanol–water partition coefficient (Wildman–Crippen LogP) is 2.76. The van der Waals surface area contributed by atoms with Crippen molar-refractivity contribution in [3.63, 3.8) is 0 Å². The molecule has 0 saturated carbocycles. The number of allylic oxidation sites excluding steroid dienone is 1. The normalized spacial score (nSPS) is 21.0. The van der Waals surface area contributed by atoms with E-state index in [4.69, 9.17) is 4.52 Å². The molecule has 64 valence electrons. The molecule has 0 radical (unpaired) electrons. The van der Waals surface area contributed by atoms with Gasteiger partial charge in [0.15, 0.2) is 0 Å². The lowest BCUT2D eigenvalue weighted by molar-refractivity contribution is 0.360. The SMILES string of the molecule is CCc1noc2c1C=CCC2C. The van der Waals surface area contributed by atoms with Crippen molar-refractivity contribution in [3.8, 4) is 0 Å². The highest BCUT2D eigenvalue weighted by atomic mass is 16.5. The lowest BCUT2D eigenvalue weighted by Crippen LogP contribution is -1.97. The molecule has 1 aliphatic rings. The average Bonchev–Trinajstić information content (AvgIpc) is 2.49. The molecule has 0 aliphatic heterocycles. The molecule has 1 heterocycles. The largest absolute Gasteiger partial charge is 0.360 e. The van der Waals surface area contributed by atoms with Gasteiger partial charge in [0.05, 0.1) is 5.69 Å². The minimum absolute atomic E-state index is 0.498. The van der Waals surface area contributed by atoms with E-state index in [1.54, 1.807) is 0 Å². The molecule has 2 rings (SSSR count). The summed E-state index contributed by atoms with van der Waals surface area (Å²) in [6.07, 6.45) is 6.36. The number of aryl methyl sites for hydroxylation is 1. The van der Waals surface area contributed by atoms with Crippen molar-refractivity contribution in [1.82, 2.24) is 5.16 Å². The van der Waals surface area contributed by atoms with Crippen LogP contribution in [0.4, 0.5) is 0 Å². The molecule has 0 aromatic carbocycles. The van der Waals surface area contributed by atoms with Crippen LogP contribution in [0.5, 0.6) is 0 Å². The molecule has 2 nitrogen and oxygen atoms in total. The Kier molecular flexibility index (Phi) is 1.75. The van der Waals surface area contributed by atoms with Crippen LogP contribution in [0.1, 0.15) is 43.2 Å². The van der Waals surface area contributed by atoms with Gasteiger partial charge in [0, 0.05) is 11.5 Å². The Balaban J connectivity index is 2.50. The van der Waals surface area contributed by atoms with E-state index in [0.717, 1.165) is 24.3 Å². The lowest BCUT2D eigenvalue weighted by Gasteiger charge is -2.09. The number of nitrogens with zero attached hydrogens (tertiary/aromatic N) is 1. The molecule has 1 unspecified atom stereocenters. The van der Waals surface area contributed by atoms with Gasteiger partial charge in [-0.15, -0.1) is 0 Å². The summed E-state index contributed by atoms with van der Waals surface area (Å²) in [4.78, 5) is 0. The Morgan fingerprint density at radius 3 is 3.25 bits per heavy atom. The number of fused-ring (bicyclic) bond motifs is 1. The molecule has 0 amide bonds. The number of hydrogen-bond donors (Lipinski definition) is 0. The minimum atomic E-state index is 0.498. The molecule has 0 spiro atoms. The Morgan fingerprint density at radius 1 is 1.67 bits per heavy atom. The number of rotatable bonds is 1. The summed E-state index contributed by atoms with van der Waals surface area (Å²) < 4.78 is 5.29. The Labute approximate surface area is 72.3 Å². The minimum Gasteiger partial charge on any atom is -0.360 e. The van der Waals surface area contributed by atoms with Crippen LogP contribution >= 0.6 is 0 Å². The highest BCUT2D eigenvalue weighted by Gasteiger charge is 2.20. The zero-order valence-electron chi connectivity index (χ0n) is 7.50. The first-order valence-electron chi connectivity index (χ1n) is 4.48. The van der Waals surface area contributed by atoms with E-state index >= 15 is 0 Å². The first kappa shape index (κ1) is 7.59. The third-order valence-electron chi connectivity index (χ3n) is 2.39. The van der Waals surface area contributed by atoms with Crippen LogP contribution in [-0.4, -0.2) is 5.16 Å². The first-order valence-corrected chi connectivity index (χ1v) is 4.48. The zero-order valence-corrected chi connectivity index (χ0v) is 7.50. The number of hydrogen-bond acceptors (Lipinski definition) is 2. The molecule has 2 heteroatoms. The molecule has 12 heavy (non-hydrogen) atoms. The molecule has 0 N–H and O–H groups in total. The maximum Gasteiger partial charge on any atom is 0.147 e. The van der Waals surface area contributed by atoms with Gasteiger partial charge in [-0.2, -0.15) is 0 Å². The summed E-state index contributed by atoms with van der Waals surface area (Å²) in [5.74, 6) is 1.56. The summed E-state index contributed by atoms with van der Waals surface area (Å²) in [7, 11) is 0. The molecule has 0 saturated heterocycles. The van der Waals surface area contributed by atoms with Crippen LogP contribution in [0, 0.1) is 0 Å². The second-order valence-electron chi connectivity index (χ2n) is 3.30. The van der Waals surface area contributed by atoms with Crippen LogP contribution in [-0.2, 0) is 6.42 Å². The van der Waals surface area contributed by atoms with E-state index in [2.05, 4.69) is 31.2 Å². The van der Waals surface area contributed by atoms with Crippen LogP contribution in [0.25, 0.3) is 6.08 Å². The van der Waals surface area contributed by atoms with Crippen molar-refractivity contribution in [3.05, 3.63) is 23.1 Å². The van der Waals surface area contributed by atoms with Gasteiger partial charge in [0.25, 0.3) is 0 Å². The molecule has 0 bridgehead atoms. The van der Waals surface area contributed by atoms with Gasteiger partial charge >= 0.3 is 0 Å². The highest BCUT2D eigenvalue weighted by molar-refractivity contribution is 5.57. The van der Waals surface area contributed by atoms with Gasteiger partial charge in [-0.3, -0.25) is 0 Å². The van der Waals surface area contributed by atoms with Gasteiger partial charge in [-0.1, -0.05) is 31.2 Å². The van der Waals surface area contributed by atoms with Crippen LogP contribution in [0.15, 0.2) is 10.6 Å². The monoisotopic (exact) mass is 163 g/mol. The molecule has 1 aromatic heterocycles. The molecule has 1 aliphatic carbocycles. The van der Waals surface area contributed by atoms with Crippen molar-refractivity contribution in [1.29, 1.82) is 0 Å². The van der Waals surface area contributed by atoms with E-state index in [1.807, 2.05) is 0 Å². The van der Waals surface area contributed by atoms with E-state index in [1.165, 1.54) is 5.56 Å². The summed E-state index contributed by atoms with van der Waals surface area (Å²) in [6.45, 7) is 4.28. The average molecular weight is 163 g/mol. The molecule has 1 atom stereocenters. The van der Waals surface area contributed by atoms with Crippen molar-refractivity contribution < 1.29 is 4.52 Å². The van der Waals surface area contributed by atoms with Crippen LogP contribution < -0.4 is 0 Å². The molecule has 1 aromatic rings. The van der Waals surface area contributed by atoms with Crippen LogP contribution in [0.3, 0.4) is 0 Å². The van der Waals surface area contributed by atoms with E-state index in [-0.39, 0.29) is 0 Å². The summed E-state index contributed by atoms with van der Waals surface area (Å²) in [5, 5.41) is 4.04. The number of aromatic nitrogens is 1. The topological polar surface area (TPSA) is 26.0 Å². The fourth-order valence-electron chi connectivity index (χ4n) is 1.63. The molecular weight excluding hydrogens is 150 g/mol. The maximum atomic E-state index is 5.29. The summed E-state index contributed by atoms with van der Waals surface area (Å²) in [6, 6.07) is 0. The first-order chi connectivity index (χ1) is 5.83. The highest BCUT2D eigenvalue weighted by Crippen LogP contribution is 2.31. The summed E-state index contributed by atoms with van der Waals surface area (Å²) >= 11 is 0. The van der Waals surface area contributed by atoms with E-state index in [9.17, 15) is 0 Å². The lowest BCUT2D eigenvalue weighted by atomic mass is 9.94. The smallest absolute Gasteiger partial charge is 0.147 e. The molecule has 0 fully saturated rings. The zero-order chi connectivity index (χ0) is 8.55. The van der Waals surface area contributed by atoms with Crippen molar-refractivity contribution in [2.24, 2.45) is 0 Å². The third-order valence-corrected chi connectivity index (χ3v) is 2.39. The van der Waals surface area contributed by atoms with Gasteiger partial charge < -0.3 is 4.52 Å². The quantitative estimate of drug-likeness (QED) is 0.636. The van der Waals surface area contributed by atoms with Crippen molar-refractivity contribution in [2.45, 2.75) is 32.6 Å². The second kappa shape index (κ2) is 2.77. The van der Waals surface area contributed by atoms with Gasteiger partial charge in [0.2, 0.25) is 0 Å². The van der Waals surface area contributed by atoms with Crippen molar-refractivity contribution >= 4 is 6.08 Å². The third kappa shape index (κ3) is 0.986. The van der Waals surface area contributed by atoms with Gasteiger partial charge in [-0.05, 0) is 12.8 Å². The van der Waals surface area contributed by atoms with E-state index < -0.39 is 0 Å². The summed E-state index contributed by atoms with van der Waals surface area (Å²) in [5.41, 5.74) is 2.31. The van der Waals surface area contributed by atoms with Gasteiger partial charge in [-0.25, -0.2) is 0 Å². The fraction of sp³-hybridized carbons (Fsp3) is 0.500. The second-order valence-corrected chi connectivity index (χ2v) is 3.30.